The van der Waals surface area contributed by atoms with Crippen molar-refractivity contribution < 1.29 is 5.11 Å². The summed E-state index contributed by atoms with van der Waals surface area (Å²) in [6.07, 6.45) is 0.614. The highest BCUT2D eigenvalue weighted by Crippen LogP contribution is 2.23. The molecular formula is C11H14N2OS. The van der Waals surface area contributed by atoms with Gasteiger partial charge in [0.2, 0.25) is 0 Å². The van der Waals surface area contributed by atoms with E-state index in [0.29, 0.717) is 6.42 Å². The maximum absolute atomic E-state index is 9.08. The van der Waals surface area contributed by atoms with Crippen molar-refractivity contribution in [1.29, 1.82) is 0 Å². The van der Waals surface area contributed by atoms with Crippen LogP contribution in [0.5, 0.6) is 0 Å². The molecule has 3 nitrogen and oxygen atoms in total. The Morgan fingerprint density at radius 1 is 1.47 bits per heavy atom. The van der Waals surface area contributed by atoms with Crippen molar-refractivity contribution in [3.8, 4) is 0 Å². The number of aliphatic hydroxyl groups excluding tert-OH is 1. The smallest absolute Gasteiger partial charge is 0.0957 e. The molecule has 4 heteroatoms. The molecule has 0 saturated carbocycles. The molecule has 2 aromatic rings. The molecule has 0 spiro atoms. The van der Waals surface area contributed by atoms with Crippen LogP contribution in [0.4, 0.5) is 0 Å². The lowest BCUT2D eigenvalue weighted by molar-refractivity contribution is 0.208. The molecule has 0 bridgehead atoms. The van der Waals surface area contributed by atoms with Gasteiger partial charge < -0.3 is 10.8 Å². The van der Waals surface area contributed by atoms with Gasteiger partial charge in [0.1, 0.15) is 0 Å². The maximum atomic E-state index is 9.08. The van der Waals surface area contributed by atoms with Gasteiger partial charge in [0.05, 0.1) is 21.8 Å². The lowest BCUT2D eigenvalue weighted by atomic mass is 10.0. The van der Waals surface area contributed by atoms with E-state index in [4.69, 9.17) is 10.8 Å². The number of benzene rings is 1. The summed E-state index contributed by atoms with van der Waals surface area (Å²) in [5, 5.41) is 10.1. The fraction of sp³-hybridized carbons (Fsp3) is 0.364. The van der Waals surface area contributed by atoms with E-state index in [0.717, 1.165) is 10.5 Å². The van der Waals surface area contributed by atoms with Gasteiger partial charge in [0.25, 0.3) is 0 Å². The predicted molar refractivity (Wildman–Crippen MR) is 63.0 cm³/mol. The highest BCUT2D eigenvalue weighted by atomic mass is 32.1. The molecular weight excluding hydrogens is 208 g/mol. The van der Waals surface area contributed by atoms with Crippen LogP contribution >= 0.6 is 11.3 Å². The lowest BCUT2D eigenvalue weighted by Gasteiger charge is -2.19. The zero-order valence-corrected chi connectivity index (χ0v) is 9.42. The zero-order valence-electron chi connectivity index (χ0n) is 8.60. The van der Waals surface area contributed by atoms with Crippen molar-refractivity contribution in [1.82, 2.24) is 4.98 Å². The highest BCUT2D eigenvalue weighted by molar-refractivity contribution is 7.18. The Labute approximate surface area is 92.6 Å². The number of aromatic nitrogens is 1. The summed E-state index contributed by atoms with van der Waals surface area (Å²) in [5.74, 6) is 0. The molecule has 0 radical (unpaired) electrons. The number of hydrogen-bond donors (Lipinski definition) is 2. The van der Waals surface area contributed by atoms with Gasteiger partial charge in [-0.2, -0.15) is 0 Å². The van der Waals surface area contributed by atoms with E-state index >= 15 is 0 Å². The fourth-order valence-corrected chi connectivity index (χ4v) is 2.56. The van der Waals surface area contributed by atoms with Gasteiger partial charge in [0.15, 0.2) is 0 Å². The van der Waals surface area contributed by atoms with E-state index in [1.807, 2.05) is 31.2 Å². The molecule has 1 heterocycles. The molecule has 1 atom stereocenters. The topological polar surface area (TPSA) is 59.1 Å². The normalized spacial score (nSPS) is 15.4. The summed E-state index contributed by atoms with van der Waals surface area (Å²) in [6.45, 7) is 1.81. The van der Waals surface area contributed by atoms with Crippen LogP contribution in [0.25, 0.3) is 10.2 Å². The van der Waals surface area contributed by atoms with Crippen LogP contribution in [0, 0.1) is 0 Å². The van der Waals surface area contributed by atoms with Crippen LogP contribution in [0.3, 0.4) is 0 Å². The molecule has 15 heavy (non-hydrogen) atoms. The number of para-hydroxylation sites is 1. The molecule has 3 N–H and O–H groups in total. The molecule has 0 saturated heterocycles. The Kier molecular flexibility index (Phi) is 2.73. The monoisotopic (exact) mass is 222 g/mol. The van der Waals surface area contributed by atoms with Gasteiger partial charge in [-0.3, -0.25) is 0 Å². The number of thiazole rings is 1. The van der Waals surface area contributed by atoms with Crippen LogP contribution in [0.15, 0.2) is 24.3 Å². The predicted octanol–water partition coefficient (Wildman–Crippen LogP) is 1.55. The van der Waals surface area contributed by atoms with Crippen LogP contribution in [-0.2, 0) is 6.42 Å². The average Bonchev–Trinajstić information content (AvgIpc) is 2.58. The minimum Gasteiger partial charge on any atom is -0.394 e. The summed E-state index contributed by atoms with van der Waals surface area (Å²) >= 11 is 1.64. The molecule has 0 amide bonds. The zero-order chi connectivity index (χ0) is 10.9. The second-order valence-corrected chi connectivity index (χ2v) is 5.18. The fourth-order valence-electron chi connectivity index (χ4n) is 1.40. The van der Waals surface area contributed by atoms with E-state index < -0.39 is 5.54 Å². The van der Waals surface area contributed by atoms with Gasteiger partial charge in [-0.15, -0.1) is 11.3 Å². The van der Waals surface area contributed by atoms with E-state index in [1.54, 1.807) is 11.3 Å². The van der Waals surface area contributed by atoms with Crippen molar-refractivity contribution in [3.05, 3.63) is 29.3 Å². The quantitative estimate of drug-likeness (QED) is 0.828. The largest absolute Gasteiger partial charge is 0.394 e. The van der Waals surface area contributed by atoms with E-state index in [2.05, 4.69) is 4.98 Å². The number of rotatable bonds is 3. The van der Waals surface area contributed by atoms with Crippen molar-refractivity contribution in [2.75, 3.05) is 6.61 Å². The van der Waals surface area contributed by atoms with E-state index in [-0.39, 0.29) is 6.61 Å². The minimum absolute atomic E-state index is 0.0249. The standard InChI is InChI=1S/C11H14N2OS/c1-11(12,7-14)6-10-13-8-4-2-3-5-9(8)15-10/h2-5,14H,6-7,12H2,1H3. The maximum Gasteiger partial charge on any atom is 0.0957 e. The summed E-state index contributed by atoms with van der Waals surface area (Å²) in [4.78, 5) is 4.47. The third-order valence-electron chi connectivity index (χ3n) is 2.25. The van der Waals surface area contributed by atoms with Crippen LogP contribution in [-0.4, -0.2) is 22.2 Å². The van der Waals surface area contributed by atoms with Gasteiger partial charge in [-0.25, -0.2) is 4.98 Å². The second kappa shape index (κ2) is 3.89. The van der Waals surface area contributed by atoms with Crippen molar-refractivity contribution >= 4 is 21.6 Å². The molecule has 0 aliphatic rings. The van der Waals surface area contributed by atoms with Gasteiger partial charge in [-0.1, -0.05) is 12.1 Å². The van der Waals surface area contributed by atoms with E-state index in [1.165, 1.54) is 4.70 Å². The molecule has 1 aromatic carbocycles. The highest BCUT2D eigenvalue weighted by Gasteiger charge is 2.19. The third kappa shape index (κ3) is 2.34. The van der Waals surface area contributed by atoms with Crippen molar-refractivity contribution in [2.24, 2.45) is 5.73 Å². The Bertz CT molecular complexity index is 431. The summed E-state index contributed by atoms with van der Waals surface area (Å²) in [6, 6.07) is 8.00. The van der Waals surface area contributed by atoms with Crippen LogP contribution in [0.2, 0.25) is 0 Å². The van der Waals surface area contributed by atoms with Crippen LogP contribution in [0.1, 0.15) is 11.9 Å². The first-order valence-electron chi connectivity index (χ1n) is 4.85. The Balaban J connectivity index is 2.30. The number of aliphatic hydroxyl groups is 1. The summed E-state index contributed by atoms with van der Waals surface area (Å²) < 4.78 is 1.17. The Hall–Kier alpha value is -0.970. The number of nitrogens with two attached hydrogens (primary N) is 1. The molecule has 0 aliphatic heterocycles. The third-order valence-corrected chi connectivity index (χ3v) is 3.29. The molecule has 80 valence electrons. The second-order valence-electron chi connectivity index (χ2n) is 4.06. The summed E-state index contributed by atoms with van der Waals surface area (Å²) in [7, 11) is 0. The molecule has 0 fully saturated rings. The molecule has 1 aromatic heterocycles. The number of hydrogen-bond acceptors (Lipinski definition) is 4. The van der Waals surface area contributed by atoms with Gasteiger partial charge >= 0.3 is 0 Å². The first-order valence-corrected chi connectivity index (χ1v) is 5.66. The number of fused-ring (bicyclic) bond motifs is 1. The SMILES string of the molecule is CC(N)(CO)Cc1nc2ccccc2s1. The van der Waals surface area contributed by atoms with Crippen molar-refractivity contribution in [2.45, 2.75) is 18.9 Å². The molecule has 1 unspecified atom stereocenters. The minimum atomic E-state index is -0.576. The lowest BCUT2D eigenvalue weighted by Crippen LogP contribution is -2.42. The number of nitrogens with zero attached hydrogens (tertiary/aromatic N) is 1. The van der Waals surface area contributed by atoms with Gasteiger partial charge in [0, 0.05) is 12.0 Å². The summed E-state index contributed by atoms with van der Waals surface area (Å²) in [5.41, 5.74) is 6.32. The first kappa shape index (κ1) is 10.5. The van der Waals surface area contributed by atoms with Crippen LogP contribution < -0.4 is 5.73 Å². The van der Waals surface area contributed by atoms with Gasteiger partial charge in [-0.05, 0) is 19.1 Å². The average molecular weight is 222 g/mol. The Morgan fingerprint density at radius 2 is 2.20 bits per heavy atom. The van der Waals surface area contributed by atoms with E-state index in [9.17, 15) is 0 Å². The van der Waals surface area contributed by atoms with Crippen molar-refractivity contribution in [3.63, 3.8) is 0 Å². The molecule has 0 aliphatic carbocycles. The Morgan fingerprint density at radius 3 is 2.87 bits per heavy atom. The molecule has 2 rings (SSSR count). The first-order chi connectivity index (χ1) is 7.11.